The van der Waals surface area contributed by atoms with Crippen molar-refractivity contribution in [3.05, 3.63) is 40.8 Å². The van der Waals surface area contributed by atoms with E-state index in [0.717, 1.165) is 17.7 Å². The van der Waals surface area contributed by atoms with Crippen LogP contribution >= 0.6 is 0 Å². The number of aliphatic hydroxyl groups is 1. The van der Waals surface area contributed by atoms with Gasteiger partial charge in [-0.2, -0.15) is 18.3 Å². The van der Waals surface area contributed by atoms with Crippen molar-refractivity contribution in [2.24, 2.45) is 13.0 Å². The molecule has 0 spiro atoms. The second-order valence-corrected chi connectivity index (χ2v) is 7.71. The number of nitrogens with one attached hydrogen (secondary N) is 1. The number of halogens is 3. The normalized spacial score (nSPS) is 28.7. The Labute approximate surface area is 164 Å². The van der Waals surface area contributed by atoms with E-state index in [9.17, 15) is 23.1 Å². The van der Waals surface area contributed by atoms with Gasteiger partial charge in [-0.05, 0) is 31.5 Å². The largest absolute Gasteiger partial charge is 0.416 e. The number of fused-ring (bicyclic) bond motifs is 2. The highest BCUT2D eigenvalue weighted by molar-refractivity contribution is 5.93. The summed E-state index contributed by atoms with van der Waals surface area (Å²) in [5.74, 6) is -1.75. The Morgan fingerprint density at radius 2 is 2.07 bits per heavy atom. The van der Waals surface area contributed by atoms with E-state index in [4.69, 9.17) is 4.74 Å². The molecule has 2 aromatic rings. The lowest BCUT2D eigenvalue weighted by Gasteiger charge is -2.29. The zero-order valence-electron chi connectivity index (χ0n) is 16.1. The molecule has 0 aliphatic carbocycles. The summed E-state index contributed by atoms with van der Waals surface area (Å²) in [6.45, 7) is 3.24. The van der Waals surface area contributed by atoms with Gasteiger partial charge in [-0.25, -0.2) is 4.98 Å². The quantitative estimate of drug-likeness (QED) is 0.811. The maximum absolute atomic E-state index is 13.1. The monoisotopic (exact) mass is 410 g/mol. The zero-order chi connectivity index (χ0) is 21.1. The Morgan fingerprint density at radius 3 is 2.69 bits per heavy atom. The number of nitrogens with zero attached hydrogens (tertiary/aromatic N) is 3. The maximum Gasteiger partial charge on any atom is 0.416 e. The van der Waals surface area contributed by atoms with Crippen molar-refractivity contribution in [2.75, 3.05) is 5.32 Å². The number of pyridine rings is 1. The molecular weight excluding hydrogens is 389 g/mol. The lowest BCUT2D eigenvalue weighted by molar-refractivity contribution is -0.137. The van der Waals surface area contributed by atoms with E-state index in [-0.39, 0.29) is 11.5 Å². The number of rotatable bonds is 3. The Hall–Kier alpha value is -2.46. The van der Waals surface area contributed by atoms with Crippen molar-refractivity contribution in [2.45, 2.75) is 50.7 Å². The molecule has 10 heteroatoms. The van der Waals surface area contributed by atoms with E-state index >= 15 is 0 Å². The number of aryl methyl sites for hydroxylation is 3. The second kappa shape index (κ2) is 6.81. The van der Waals surface area contributed by atoms with E-state index in [1.54, 1.807) is 24.9 Å². The maximum atomic E-state index is 13.1. The molecule has 2 aliphatic rings. The van der Waals surface area contributed by atoms with E-state index < -0.39 is 47.8 Å². The third kappa shape index (κ3) is 3.51. The van der Waals surface area contributed by atoms with Crippen LogP contribution in [-0.4, -0.2) is 44.1 Å². The predicted molar refractivity (Wildman–Crippen MR) is 96.1 cm³/mol. The van der Waals surface area contributed by atoms with E-state index in [2.05, 4.69) is 15.4 Å². The Kier molecular flexibility index (Phi) is 4.66. The topological polar surface area (TPSA) is 89.3 Å². The van der Waals surface area contributed by atoms with Gasteiger partial charge in [0.25, 0.3) is 0 Å². The van der Waals surface area contributed by atoms with Crippen LogP contribution in [0.4, 0.5) is 19.0 Å². The molecule has 0 radical (unpaired) electrons. The van der Waals surface area contributed by atoms with Crippen molar-refractivity contribution < 1.29 is 27.8 Å². The highest BCUT2D eigenvalue weighted by Crippen LogP contribution is 2.49. The van der Waals surface area contributed by atoms with Gasteiger partial charge in [0.1, 0.15) is 5.82 Å². The highest BCUT2D eigenvalue weighted by atomic mass is 19.4. The van der Waals surface area contributed by atoms with Crippen molar-refractivity contribution in [1.82, 2.24) is 14.8 Å². The fourth-order valence-electron chi connectivity index (χ4n) is 4.46. The predicted octanol–water partition coefficient (Wildman–Crippen LogP) is 2.32. The molecule has 4 heterocycles. The number of carbonyl (C=O) groups is 1. The number of aromatic nitrogens is 3. The summed E-state index contributed by atoms with van der Waals surface area (Å²) in [5.41, 5.74) is 0.771. The number of carbonyl (C=O) groups excluding carboxylic acids is 1. The minimum absolute atomic E-state index is 0.148. The molecule has 0 aromatic carbocycles. The Balaban J connectivity index is 1.64. The van der Waals surface area contributed by atoms with Gasteiger partial charge in [0.2, 0.25) is 5.91 Å². The van der Waals surface area contributed by atoms with Gasteiger partial charge in [-0.1, -0.05) is 0 Å². The van der Waals surface area contributed by atoms with Crippen LogP contribution in [0.1, 0.15) is 34.9 Å². The fraction of sp³-hybridized carbons (Fsp3) is 0.526. The summed E-state index contributed by atoms with van der Waals surface area (Å²) in [7, 11) is 1.76. The van der Waals surface area contributed by atoms with E-state index in [1.807, 2.05) is 0 Å². The lowest BCUT2D eigenvalue weighted by Crippen LogP contribution is -2.41. The molecule has 1 amide bonds. The van der Waals surface area contributed by atoms with Crippen LogP contribution in [0.25, 0.3) is 0 Å². The smallest absolute Gasteiger partial charge is 0.390 e. The third-order valence-electron chi connectivity index (χ3n) is 5.57. The molecule has 7 nitrogen and oxygen atoms in total. The third-order valence-corrected chi connectivity index (χ3v) is 5.57. The summed E-state index contributed by atoms with van der Waals surface area (Å²) in [6.07, 6.45) is -4.25. The number of aliphatic hydroxyl groups excluding tert-OH is 1. The molecule has 0 unspecified atom stereocenters. The molecule has 2 bridgehead atoms. The van der Waals surface area contributed by atoms with Gasteiger partial charge >= 0.3 is 6.18 Å². The molecule has 156 valence electrons. The van der Waals surface area contributed by atoms with Gasteiger partial charge in [-0.3, -0.25) is 9.48 Å². The second-order valence-electron chi connectivity index (χ2n) is 7.71. The molecule has 2 N–H and O–H groups in total. The lowest BCUT2D eigenvalue weighted by atomic mass is 9.74. The van der Waals surface area contributed by atoms with Gasteiger partial charge in [0.05, 0.1) is 35.5 Å². The summed E-state index contributed by atoms with van der Waals surface area (Å²) in [5, 5.41) is 17.1. The zero-order valence-corrected chi connectivity index (χ0v) is 16.1. The molecular formula is C19H21F3N4O3. The van der Waals surface area contributed by atoms with Gasteiger partial charge in [0, 0.05) is 31.3 Å². The summed E-state index contributed by atoms with van der Waals surface area (Å²) >= 11 is 0. The van der Waals surface area contributed by atoms with Crippen molar-refractivity contribution >= 4 is 11.7 Å². The number of anilines is 1. The highest BCUT2D eigenvalue weighted by Gasteiger charge is 2.57. The van der Waals surface area contributed by atoms with Crippen LogP contribution in [-0.2, 0) is 22.8 Å². The standard InChI is InChI=1S/C19H21F3N4O3/c1-8-4-10(19(20,21)22)5-14(23-8)24-18(28)16-13-6-12(27)17(29-13)15(16)11-7-26(3)25-9(11)2/h4-5,7,12-13,15-17,27H,6H2,1-3H3,(H,23,24,28)/t12-,13+,15+,16-,17-/m0/s1. The molecule has 2 aromatic heterocycles. The Morgan fingerprint density at radius 1 is 1.34 bits per heavy atom. The summed E-state index contributed by atoms with van der Waals surface area (Å²) < 4.78 is 46.7. The number of ether oxygens (including phenoxy) is 1. The average molecular weight is 410 g/mol. The molecule has 2 saturated heterocycles. The number of alkyl halides is 3. The van der Waals surface area contributed by atoms with E-state index in [0.29, 0.717) is 12.1 Å². The number of hydrogen-bond acceptors (Lipinski definition) is 5. The van der Waals surface area contributed by atoms with Gasteiger partial charge in [0.15, 0.2) is 0 Å². The molecule has 2 fully saturated rings. The first-order valence-electron chi connectivity index (χ1n) is 9.25. The van der Waals surface area contributed by atoms with Crippen molar-refractivity contribution in [1.29, 1.82) is 0 Å². The van der Waals surface area contributed by atoms with Crippen LogP contribution in [0.15, 0.2) is 18.3 Å². The number of hydrogen-bond donors (Lipinski definition) is 2. The van der Waals surface area contributed by atoms with Gasteiger partial charge < -0.3 is 15.2 Å². The minimum Gasteiger partial charge on any atom is -0.390 e. The SMILES string of the molecule is Cc1cc(C(F)(F)F)cc(NC(=O)[C@@H]2[C@@H](c3cn(C)nc3C)[C@H]3O[C@@H]2C[C@@H]3O)n1. The van der Waals surface area contributed by atoms with Crippen LogP contribution in [0.2, 0.25) is 0 Å². The van der Waals surface area contributed by atoms with Crippen molar-refractivity contribution in [3.8, 4) is 0 Å². The first-order chi connectivity index (χ1) is 13.5. The summed E-state index contributed by atoms with van der Waals surface area (Å²) in [4.78, 5) is 17.1. The average Bonchev–Trinajstić information content (AvgIpc) is 3.24. The molecule has 2 aliphatic heterocycles. The summed E-state index contributed by atoms with van der Waals surface area (Å²) in [6, 6.07) is 1.74. The fourth-order valence-corrected chi connectivity index (χ4v) is 4.46. The van der Waals surface area contributed by atoms with Crippen molar-refractivity contribution in [3.63, 3.8) is 0 Å². The van der Waals surface area contributed by atoms with E-state index in [1.165, 1.54) is 6.92 Å². The minimum atomic E-state index is -4.54. The van der Waals surface area contributed by atoms with Gasteiger partial charge in [-0.15, -0.1) is 0 Å². The van der Waals surface area contributed by atoms with Crippen LogP contribution in [0.3, 0.4) is 0 Å². The molecule has 4 rings (SSSR count). The van der Waals surface area contributed by atoms with Crippen LogP contribution < -0.4 is 5.32 Å². The molecule has 29 heavy (non-hydrogen) atoms. The Bertz CT molecular complexity index is 959. The first kappa shape index (κ1) is 19.8. The molecule has 0 saturated carbocycles. The first-order valence-corrected chi connectivity index (χ1v) is 9.25. The van der Waals surface area contributed by atoms with Crippen LogP contribution in [0.5, 0.6) is 0 Å². The number of amides is 1. The molecule has 5 atom stereocenters. The van der Waals surface area contributed by atoms with Crippen LogP contribution in [0, 0.1) is 19.8 Å².